The summed E-state index contributed by atoms with van der Waals surface area (Å²) in [5, 5.41) is 9.46. The van der Waals surface area contributed by atoms with Crippen LogP contribution in [0.25, 0.3) is 0 Å². The van der Waals surface area contributed by atoms with Gasteiger partial charge in [-0.2, -0.15) is 0 Å². The van der Waals surface area contributed by atoms with Gasteiger partial charge < -0.3 is 5.11 Å². The monoisotopic (exact) mass is 174 g/mol. The molecule has 0 aliphatic carbocycles. The van der Waals surface area contributed by atoms with Gasteiger partial charge in [0.05, 0.1) is 0 Å². The van der Waals surface area contributed by atoms with Crippen molar-refractivity contribution in [2.75, 3.05) is 0 Å². The Labute approximate surface area is 69.3 Å². The maximum Gasteiger partial charge on any atom is 0.329 e. The standard InChI is InChI=1S/C6H10N2O2S/c1-3(2)8-5(9)4(11)7-6(8)10/h3,9,11H,1-2H3,(H,7,10). The summed E-state index contributed by atoms with van der Waals surface area (Å²) >= 11 is 3.86. The number of aromatic amines is 1. The SMILES string of the molecule is CC(C)n1c(O)c(S)[nH]c1=O. The van der Waals surface area contributed by atoms with E-state index < -0.39 is 0 Å². The van der Waals surface area contributed by atoms with Crippen molar-refractivity contribution in [3.63, 3.8) is 0 Å². The Bertz CT molecular complexity index is 313. The number of aromatic hydroxyl groups is 1. The molecule has 5 heteroatoms. The smallest absolute Gasteiger partial charge is 0.329 e. The van der Waals surface area contributed by atoms with Crippen LogP contribution < -0.4 is 5.69 Å². The average molecular weight is 174 g/mol. The third kappa shape index (κ3) is 1.28. The quantitative estimate of drug-likeness (QED) is 0.550. The van der Waals surface area contributed by atoms with Gasteiger partial charge in [-0.1, -0.05) is 0 Å². The maximum absolute atomic E-state index is 11.0. The predicted octanol–water partition coefficient (Wildman–Crippen LogP) is 0.752. The first-order valence-corrected chi connectivity index (χ1v) is 3.71. The first kappa shape index (κ1) is 8.26. The number of rotatable bonds is 1. The minimum atomic E-state index is -0.331. The molecule has 2 N–H and O–H groups in total. The summed E-state index contributed by atoms with van der Waals surface area (Å²) in [4.78, 5) is 13.4. The summed E-state index contributed by atoms with van der Waals surface area (Å²) in [5.41, 5.74) is -0.331. The van der Waals surface area contributed by atoms with Crippen LogP contribution in [0.4, 0.5) is 0 Å². The minimum Gasteiger partial charge on any atom is -0.492 e. The van der Waals surface area contributed by atoms with Crippen molar-refractivity contribution in [1.82, 2.24) is 9.55 Å². The van der Waals surface area contributed by atoms with E-state index in [1.54, 1.807) is 0 Å². The van der Waals surface area contributed by atoms with Crippen LogP contribution in [-0.2, 0) is 0 Å². The van der Waals surface area contributed by atoms with Crippen LogP contribution in [0, 0.1) is 0 Å². The second-order valence-corrected chi connectivity index (χ2v) is 3.01. The number of H-pyrrole nitrogens is 1. The van der Waals surface area contributed by atoms with Gasteiger partial charge in [0.15, 0.2) is 0 Å². The Morgan fingerprint density at radius 3 is 2.36 bits per heavy atom. The summed E-state index contributed by atoms with van der Waals surface area (Å²) in [6, 6.07) is -0.0559. The van der Waals surface area contributed by atoms with Crippen molar-refractivity contribution in [2.45, 2.75) is 24.9 Å². The highest BCUT2D eigenvalue weighted by Crippen LogP contribution is 2.19. The molecule has 1 aromatic heterocycles. The van der Waals surface area contributed by atoms with Gasteiger partial charge in [-0.25, -0.2) is 4.79 Å². The zero-order valence-electron chi connectivity index (χ0n) is 6.33. The molecule has 1 aromatic rings. The van der Waals surface area contributed by atoms with Crippen LogP contribution in [0.1, 0.15) is 19.9 Å². The Kier molecular flexibility index (Phi) is 1.99. The van der Waals surface area contributed by atoms with E-state index in [-0.39, 0.29) is 22.6 Å². The number of hydrogen-bond donors (Lipinski definition) is 3. The number of aromatic nitrogens is 2. The number of hydrogen-bond acceptors (Lipinski definition) is 3. The van der Waals surface area contributed by atoms with Gasteiger partial charge in [-0.15, -0.1) is 12.6 Å². The van der Waals surface area contributed by atoms with Gasteiger partial charge in [0.1, 0.15) is 5.03 Å². The molecular weight excluding hydrogens is 164 g/mol. The third-order valence-electron chi connectivity index (χ3n) is 1.40. The van der Waals surface area contributed by atoms with Gasteiger partial charge >= 0.3 is 5.69 Å². The molecule has 0 amide bonds. The predicted molar refractivity (Wildman–Crippen MR) is 44.4 cm³/mol. The Hall–Kier alpha value is -0.840. The molecule has 0 saturated carbocycles. The molecule has 0 fully saturated rings. The van der Waals surface area contributed by atoms with Crippen LogP contribution in [-0.4, -0.2) is 14.7 Å². The number of imidazole rings is 1. The molecule has 4 nitrogen and oxygen atoms in total. The van der Waals surface area contributed by atoms with Gasteiger partial charge in [0.2, 0.25) is 5.88 Å². The fourth-order valence-electron chi connectivity index (χ4n) is 0.907. The lowest BCUT2D eigenvalue weighted by Crippen LogP contribution is -2.18. The lowest BCUT2D eigenvalue weighted by Gasteiger charge is -2.05. The van der Waals surface area contributed by atoms with Crippen molar-refractivity contribution in [2.24, 2.45) is 0 Å². The number of nitrogens with zero attached hydrogens (tertiary/aromatic N) is 1. The highest BCUT2D eigenvalue weighted by molar-refractivity contribution is 7.80. The molecule has 0 aromatic carbocycles. The van der Waals surface area contributed by atoms with E-state index in [1.807, 2.05) is 13.8 Å². The zero-order chi connectivity index (χ0) is 8.59. The van der Waals surface area contributed by atoms with E-state index in [4.69, 9.17) is 0 Å². The molecule has 0 atom stereocenters. The molecule has 0 aliphatic rings. The second-order valence-electron chi connectivity index (χ2n) is 2.57. The summed E-state index contributed by atoms with van der Waals surface area (Å²) < 4.78 is 1.24. The van der Waals surface area contributed by atoms with Gasteiger partial charge in [-0.3, -0.25) is 9.55 Å². The van der Waals surface area contributed by atoms with Gasteiger partial charge in [-0.05, 0) is 13.8 Å². The zero-order valence-corrected chi connectivity index (χ0v) is 7.22. The molecule has 0 bridgehead atoms. The highest BCUT2D eigenvalue weighted by atomic mass is 32.1. The van der Waals surface area contributed by atoms with Gasteiger partial charge in [0.25, 0.3) is 0 Å². The molecule has 0 saturated heterocycles. The van der Waals surface area contributed by atoms with Crippen molar-refractivity contribution in [3.05, 3.63) is 10.5 Å². The lowest BCUT2D eigenvalue weighted by atomic mass is 10.4. The molecule has 0 radical (unpaired) electrons. The molecule has 1 heterocycles. The molecular formula is C6H10N2O2S. The van der Waals surface area contributed by atoms with Crippen LogP contribution in [0.3, 0.4) is 0 Å². The number of thiol groups is 1. The molecule has 62 valence electrons. The summed E-state index contributed by atoms with van der Waals surface area (Å²) in [6.45, 7) is 3.62. The molecule has 11 heavy (non-hydrogen) atoms. The van der Waals surface area contributed by atoms with Crippen molar-refractivity contribution in [3.8, 4) is 5.88 Å². The van der Waals surface area contributed by atoms with E-state index in [0.29, 0.717) is 0 Å². The largest absolute Gasteiger partial charge is 0.492 e. The van der Waals surface area contributed by atoms with E-state index in [9.17, 15) is 9.90 Å². The average Bonchev–Trinajstić information content (AvgIpc) is 2.07. The Morgan fingerprint density at radius 1 is 1.64 bits per heavy atom. The second kappa shape index (κ2) is 2.65. The van der Waals surface area contributed by atoms with E-state index in [1.165, 1.54) is 4.57 Å². The van der Waals surface area contributed by atoms with Crippen LogP contribution in [0.5, 0.6) is 5.88 Å². The highest BCUT2D eigenvalue weighted by Gasteiger charge is 2.11. The minimum absolute atomic E-state index is 0.0559. The molecule has 0 unspecified atom stereocenters. The first-order chi connectivity index (χ1) is 5.04. The molecule has 1 rings (SSSR count). The van der Waals surface area contributed by atoms with E-state index >= 15 is 0 Å². The number of nitrogens with one attached hydrogen (secondary N) is 1. The third-order valence-corrected chi connectivity index (χ3v) is 1.71. The van der Waals surface area contributed by atoms with E-state index in [0.717, 1.165) is 0 Å². The normalized spacial score (nSPS) is 10.9. The summed E-state index contributed by atoms with van der Waals surface area (Å²) in [6.07, 6.45) is 0. The fraction of sp³-hybridized carbons (Fsp3) is 0.500. The van der Waals surface area contributed by atoms with E-state index in [2.05, 4.69) is 17.6 Å². The summed E-state index contributed by atoms with van der Waals surface area (Å²) in [7, 11) is 0. The first-order valence-electron chi connectivity index (χ1n) is 3.26. The van der Waals surface area contributed by atoms with Crippen molar-refractivity contribution in [1.29, 1.82) is 0 Å². The van der Waals surface area contributed by atoms with Crippen molar-refractivity contribution < 1.29 is 5.11 Å². The lowest BCUT2D eigenvalue weighted by molar-refractivity contribution is 0.386. The fourth-order valence-corrected chi connectivity index (χ4v) is 1.11. The maximum atomic E-state index is 11.0. The Morgan fingerprint density at radius 2 is 2.18 bits per heavy atom. The van der Waals surface area contributed by atoms with Crippen LogP contribution >= 0.6 is 12.6 Å². The topological polar surface area (TPSA) is 58.0 Å². The molecule has 0 spiro atoms. The van der Waals surface area contributed by atoms with Crippen LogP contribution in [0.2, 0.25) is 0 Å². The summed E-state index contributed by atoms with van der Waals surface area (Å²) in [5.74, 6) is -0.103. The van der Waals surface area contributed by atoms with Gasteiger partial charge in [0, 0.05) is 6.04 Å². The van der Waals surface area contributed by atoms with Crippen molar-refractivity contribution >= 4 is 12.6 Å². The molecule has 0 aliphatic heterocycles. The van der Waals surface area contributed by atoms with Crippen LogP contribution in [0.15, 0.2) is 9.82 Å². The Balaban J connectivity index is 3.34.